The average Bonchev–Trinajstić information content (AvgIpc) is 2.77. The molecule has 1 aromatic carbocycles. The first kappa shape index (κ1) is 18.4. The number of benzene rings is 1. The zero-order chi connectivity index (χ0) is 17.7. The Labute approximate surface area is 151 Å². The van der Waals surface area contributed by atoms with E-state index in [-0.39, 0.29) is 5.91 Å². The molecule has 0 aliphatic rings. The van der Waals surface area contributed by atoms with Crippen molar-refractivity contribution in [3.63, 3.8) is 0 Å². The number of amides is 1. The van der Waals surface area contributed by atoms with Gasteiger partial charge in [-0.15, -0.1) is 0 Å². The molecule has 7 heteroatoms. The largest absolute Gasteiger partial charge is 0.492 e. The van der Waals surface area contributed by atoms with E-state index in [1.54, 1.807) is 41.9 Å². The van der Waals surface area contributed by atoms with Crippen LogP contribution in [-0.4, -0.2) is 40.8 Å². The number of rotatable bonds is 6. The van der Waals surface area contributed by atoms with Gasteiger partial charge in [-0.25, -0.2) is 0 Å². The average molecular weight is 368 g/mol. The summed E-state index contributed by atoms with van der Waals surface area (Å²) in [6.45, 7) is 2.68. The van der Waals surface area contributed by atoms with Gasteiger partial charge in [0, 0.05) is 30.8 Å². The van der Waals surface area contributed by atoms with E-state index in [4.69, 9.17) is 27.9 Å². The smallest absolute Gasteiger partial charge is 0.246 e. The molecule has 0 unspecified atom stereocenters. The molecule has 0 atom stereocenters. The molecule has 24 heavy (non-hydrogen) atoms. The summed E-state index contributed by atoms with van der Waals surface area (Å²) in [5, 5.41) is 5.32. The Kier molecular flexibility index (Phi) is 6.29. The van der Waals surface area contributed by atoms with Gasteiger partial charge < -0.3 is 9.64 Å². The second kappa shape index (κ2) is 8.22. The lowest BCUT2D eigenvalue weighted by Crippen LogP contribution is -2.29. The zero-order valence-corrected chi connectivity index (χ0v) is 15.3. The first-order chi connectivity index (χ1) is 11.4. The Morgan fingerprint density at radius 1 is 1.42 bits per heavy atom. The van der Waals surface area contributed by atoms with Crippen molar-refractivity contribution in [2.24, 2.45) is 7.05 Å². The first-order valence-electron chi connectivity index (χ1n) is 7.39. The SMILES string of the molecule is Cc1nn(C)c(Cl)c1/C=C/C(=O)N(C)CCOc1cccc(Cl)c1. The van der Waals surface area contributed by atoms with Crippen LogP contribution in [0.3, 0.4) is 0 Å². The lowest BCUT2D eigenvalue weighted by Gasteiger charge is -2.15. The number of ether oxygens (including phenoxy) is 1. The summed E-state index contributed by atoms with van der Waals surface area (Å²) in [6, 6.07) is 7.15. The van der Waals surface area contributed by atoms with E-state index in [0.29, 0.717) is 29.1 Å². The highest BCUT2D eigenvalue weighted by molar-refractivity contribution is 6.31. The van der Waals surface area contributed by atoms with Gasteiger partial charge in [-0.1, -0.05) is 29.3 Å². The minimum atomic E-state index is -0.135. The summed E-state index contributed by atoms with van der Waals surface area (Å²) < 4.78 is 7.15. The second-order valence-electron chi connectivity index (χ2n) is 5.31. The van der Waals surface area contributed by atoms with Gasteiger partial charge in [-0.3, -0.25) is 9.48 Å². The topological polar surface area (TPSA) is 47.4 Å². The number of aromatic nitrogens is 2. The molecule has 0 saturated carbocycles. The number of carbonyl (C=O) groups excluding carboxylic acids is 1. The molecule has 0 N–H and O–H groups in total. The third kappa shape index (κ3) is 4.76. The maximum atomic E-state index is 12.1. The van der Waals surface area contributed by atoms with Crippen LogP contribution >= 0.6 is 23.2 Å². The summed E-state index contributed by atoms with van der Waals surface area (Å²) in [7, 11) is 3.47. The molecule has 128 valence electrons. The molecule has 0 bridgehead atoms. The Morgan fingerprint density at radius 2 is 2.17 bits per heavy atom. The van der Waals surface area contributed by atoms with Gasteiger partial charge in [-0.05, 0) is 31.2 Å². The van der Waals surface area contributed by atoms with Crippen LogP contribution in [0.15, 0.2) is 30.3 Å². The Balaban J connectivity index is 1.87. The van der Waals surface area contributed by atoms with Crippen LogP contribution in [0, 0.1) is 6.92 Å². The molecule has 0 spiro atoms. The summed E-state index contributed by atoms with van der Waals surface area (Å²) in [6.07, 6.45) is 3.16. The molecular weight excluding hydrogens is 349 g/mol. The van der Waals surface area contributed by atoms with E-state index in [1.807, 2.05) is 19.1 Å². The number of hydrogen-bond donors (Lipinski definition) is 0. The molecule has 2 rings (SSSR count). The predicted octanol–water partition coefficient (Wildman–Crippen LogP) is 3.59. The summed E-state index contributed by atoms with van der Waals surface area (Å²) in [5.74, 6) is 0.542. The molecule has 2 aromatic rings. The van der Waals surface area contributed by atoms with Gasteiger partial charge in [-0.2, -0.15) is 5.10 Å². The van der Waals surface area contributed by atoms with Crippen LogP contribution in [0.2, 0.25) is 10.2 Å². The van der Waals surface area contributed by atoms with E-state index < -0.39 is 0 Å². The first-order valence-corrected chi connectivity index (χ1v) is 8.14. The molecule has 1 aromatic heterocycles. The van der Waals surface area contributed by atoms with Crippen LogP contribution < -0.4 is 4.74 Å². The standard InChI is InChI=1S/C17H19Cl2N3O2/c1-12-15(17(19)22(3)20-12)7-8-16(23)21(2)9-10-24-14-6-4-5-13(18)11-14/h4-8,11H,9-10H2,1-3H3/b8-7+. The van der Waals surface area contributed by atoms with Gasteiger partial charge in [0.05, 0.1) is 12.2 Å². The number of halogens is 2. The summed E-state index contributed by atoms with van der Waals surface area (Å²) in [4.78, 5) is 13.7. The van der Waals surface area contributed by atoms with Crippen LogP contribution in [-0.2, 0) is 11.8 Å². The summed E-state index contributed by atoms with van der Waals surface area (Å²) >= 11 is 12.0. The van der Waals surface area contributed by atoms with Gasteiger partial charge in [0.15, 0.2) is 0 Å². The van der Waals surface area contributed by atoms with Crippen LogP contribution in [0.25, 0.3) is 6.08 Å². The van der Waals surface area contributed by atoms with Crippen molar-refractivity contribution < 1.29 is 9.53 Å². The molecule has 0 fully saturated rings. The number of likely N-dealkylation sites (N-methyl/N-ethyl adjacent to an activating group) is 1. The molecule has 0 aliphatic heterocycles. The zero-order valence-electron chi connectivity index (χ0n) is 13.8. The fraction of sp³-hybridized carbons (Fsp3) is 0.294. The minimum Gasteiger partial charge on any atom is -0.492 e. The number of carbonyl (C=O) groups is 1. The number of aryl methyl sites for hydroxylation is 2. The van der Waals surface area contributed by atoms with E-state index in [2.05, 4.69) is 5.10 Å². The summed E-state index contributed by atoms with van der Waals surface area (Å²) in [5.41, 5.74) is 1.52. The van der Waals surface area contributed by atoms with Crippen molar-refractivity contribution in [2.75, 3.05) is 20.2 Å². The van der Waals surface area contributed by atoms with E-state index in [0.717, 1.165) is 11.3 Å². The van der Waals surface area contributed by atoms with Crippen molar-refractivity contribution >= 4 is 35.2 Å². The van der Waals surface area contributed by atoms with Crippen molar-refractivity contribution in [3.05, 3.63) is 51.8 Å². The maximum Gasteiger partial charge on any atom is 0.246 e. The van der Waals surface area contributed by atoms with Crippen molar-refractivity contribution in [2.45, 2.75) is 6.92 Å². The van der Waals surface area contributed by atoms with E-state index >= 15 is 0 Å². The Bertz CT molecular complexity index is 756. The van der Waals surface area contributed by atoms with E-state index in [1.165, 1.54) is 6.08 Å². The number of hydrogen-bond acceptors (Lipinski definition) is 3. The molecule has 0 aliphatic carbocycles. The van der Waals surface area contributed by atoms with Gasteiger partial charge in [0.1, 0.15) is 17.5 Å². The lowest BCUT2D eigenvalue weighted by molar-refractivity contribution is -0.125. The number of nitrogens with zero attached hydrogens (tertiary/aromatic N) is 3. The second-order valence-corrected chi connectivity index (χ2v) is 6.11. The minimum absolute atomic E-state index is 0.135. The van der Waals surface area contributed by atoms with Crippen LogP contribution in [0.5, 0.6) is 5.75 Å². The maximum absolute atomic E-state index is 12.1. The molecule has 0 saturated heterocycles. The van der Waals surface area contributed by atoms with Crippen molar-refractivity contribution in [1.29, 1.82) is 0 Å². The quantitative estimate of drug-likeness (QED) is 0.733. The highest BCUT2D eigenvalue weighted by atomic mass is 35.5. The Morgan fingerprint density at radius 3 is 2.79 bits per heavy atom. The van der Waals surface area contributed by atoms with Gasteiger partial charge in [0.2, 0.25) is 5.91 Å². The molecule has 1 amide bonds. The fourth-order valence-corrected chi connectivity index (χ4v) is 2.50. The highest BCUT2D eigenvalue weighted by Gasteiger charge is 2.10. The van der Waals surface area contributed by atoms with E-state index in [9.17, 15) is 4.79 Å². The van der Waals surface area contributed by atoms with Crippen LogP contribution in [0.1, 0.15) is 11.3 Å². The normalized spacial score (nSPS) is 11.0. The Hall–Kier alpha value is -1.98. The monoisotopic (exact) mass is 367 g/mol. The van der Waals surface area contributed by atoms with Gasteiger partial charge in [0.25, 0.3) is 0 Å². The molecule has 0 radical (unpaired) electrons. The third-order valence-electron chi connectivity index (χ3n) is 3.46. The van der Waals surface area contributed by atoms with Gasteiger partial charge >= 0.3 is 0 Å². The molecule has 1 heterocycles. The molecule has 5 nitrogen and oxygen atoms in total. The van der Waals surface area contributed by atoms with Crippen molar-refractivity contribution in [3.8, 4) is 5.75 Å². The lowest BCUT2D eigenvalue weighted by atomic mass is 10.2. The van der Waals surface area contributed by atoms with Crippen molar-refractivity contribution in [1.82, 2.24) is 14.7 Å². The highest BCUT2D eigenvalue weighted by Crippen LogP contribution is 2.20. The third-order valence-corrected chi connectivity index (χ3v) is 4.14. The fourth-order valence-electron chi connectivity index (χ4n) is 2.08. The molecular formula is C17H19Cl2N3O2. The van der Waals surface area contributed by atoms with Crippen LogP contribution in [0.4, 0.5) is 0 Å². The predicted molar refractivity (Wildman–Crippen MR) is 96.6 cm³/mol.